The molecule has 110 valence electrons. The van der Waals surface area contributed by atoms with E-state index in [0.29, 0.717) is 16.9 Å². The Bertz CT molecular complexity index is 716. The van der Waals surface area contributed by atoms with E-state index >= 15 is 0 Å². The van der Waals surface area contributed by atoms with E-state index in [9.17, 15) is 13.2 Å². The number of Topliss-reactive ketones (excluding diaryl/α,β-unsaturated/α-hetero) is 1. The summed E-state index contributed by atoms with van der Waals surface area (Å²) in [6.07, 6.45) is 0. The third-order valence-corrected chi connectivity index (χ3v) is 4.12. The SMILES string of the molecule is O=C(CBr)c1ccc(NS(=O)(=O)Nc2ccccc2)cc1. The molecule has 0 saturated carbocycles. The van der Waals surface area contributed by atoms with Gasteiger partial charge in [0.2, 0.25) is 0 Å². The zero-order valence-electron chi connectivity index (χ0n) is 10.9. The molecule has 21 heavy (non-hydrogen) atoms. The molecule has 0 aromatic heterocycles. The number of carbonyl (C=O) groups excluding carboxylic acids is 1. The molecule has 0 saturated heterocycles. The highest BCUT2D eigenvalue weighted by molar-refractivity contribution is 9.09. The first kappa shape index (κ1) is 15.5. The predicted molar refractivity (Wildman–Crippen MR) is 87.2 cm³/mol. The van der Waals surface area contributed by atoms with E-state index < -0.39 is 10.2 Å². The Hall–Kier alpha value is -1.86. The van der Waals surface area contributed by atoms with Gasteiger partial charge in [0.05, 0.1) is 16.7 Å². The van der Waals surface area contributed by atoms with E-state index in [1.54, 1.807) is 54.6 Å². The first-order valence-corrected chi connectivity index (χ1v) is 8.65. The third kappa shape index (κ3) is 4.57. The number of halogens is 1. The molecule has 0 radical (unpaired) electrons. The van der Waals surface area contributed by atoms with Crippen LogP contribution in [0.15, 0.2) is 54.6 Å². The zero-order valence-corrected chi connectivity index (χ0v) is 13.3. The topological polar surface area (TPSA) is 75.3 Å². The van der Waals surface area contributed by atoms with Gasteiger partial charge in [-0.15, -0.1) is 0 Å². The number of hydrogen-bond acceptors (Lipinski definition) is 3. The van der Waals surface area contributed by atoms with Crippen molar-refractivity contribution >= 4 is 43.3 Å². The number of ketones is 1. The minimum absolute atomic E-state index is 0.0631. The number of benzene rings is 2. The molecule has 0 atom stereocenters. The van der Waals surface area contributed by atoms with Crippen molar-refractivity contribution in [2.45, 2.75) is 0 Å². The Balaban J connectivity index is 2.08. The van der Waals surface area contributed by atoms with Crippen molar-refractivity contribution in [1.29, 1.82) is 0 Å². The second kappa shape index (κ2) is 6.73. The minimum atomic E-state index is -3.72. The summed E-state index contributed by atoms with van der Waals surface area (Å²) >= 11 is 3.08. The molecule has 0 heterocycles. The number of anilines is 2. The van der Waals surface area contributed by atoms with Crippen molar-refractivity contribution in [2.24, 2.45) is 0 Å². The predicted octanol–water partition coefficient (Wildman–Crippen LogP) is 3.03. The van der Waals surface area contributed by atoms with E-state index in [-0.39, 0.29) is 11.1 Å². The zero-order chi connectivity index (χ0) is 15.3. The van der Waals surface area contributed by atoms with E-state index in [0.717, 1.165) is 0 Å². The largest absolute Gasteiger partial charge is 0.321 e. The standard InChI is InChI=1S/C14H13BrN2O3S/c15-10-14(18)11-6-8-13(9-7-11)17-21(19,20)16-12-4-2-1-3-5-12/h1-9,16-17H,10H2. The average Bonchev–Trinajstić information content (AvgIpc) is 2.47. The lowest BCUT2D eigenvalue weighted by Gasteiger charge is -2.10. The van der Waals surface area contributed by atoms with Crippen molar-refractivity contribution in [1.82, 2.24) is 0 Å². The van der Waals surface area contributed by atoms with Gasteiger partial charge in [-0.2, -0.15) is 8.42 Å². The number of carbonyl (C=O) groups is 1. The van der Waals surface area contributed by atoms with Crippen LogP contribution in [0.2, 0.25) is 0 Å². The van der Waals surface area contributed by atoms with Crippen LogP contribution in [0.4, 0.5) is 11.4 Å². The molecule has 0 aliphatic carbocycles. The van der Waals surface area contributed by atoms with Crippen molar-refractivity contribution in [2.75, 3.05) is 14.8 Å². The lowest BCUT2D eigenvalue weighted by molar-refractivity contribution is 0.102. The van der Waals surface area contributed by atoms with E-state index in [4.69, 9.17) is 0 Å². The van der Waals surface area contributed by atoms with Crippen molar-refractivity contribution in [3.8, 4) is 0 Å². The molecule has 0 spiro atoms. The van der Waals surface area contributed by atoms with Gasteiger partial charge in [0.25, 0.3) is 0 Å². The summed E-state index contributed by atoms with van der Waals surface area (Å²) in [5, 5.41) is 0.230. The van der Waals surface area contributed by atoms with Gasteiger partial charge in [0.15, 0.2) is 5.78 Å². The summed E-state index contributed by atoms with van der Waals surface area (Å²) in [6.45, 7) is 0. The summed E-state index contributed by atoms with van der Waals surface area (Å²) in [4.78, 5) is 11.5. The van der Waals surface area contributed by atoms with Gasteiger partial charge in [-0.1, -0.05) is 34.1 Å². The minimum Gasteiger partial charge on any atom is -0.293 e. The molecule has 0 unspecified atom stereocenters. The van der Waals surface area contributed by atoms with Crippen LogP contribution in [0.1, 0.15) is 10.4 Å². The molecule has 2 rings (SSSR count). The van der Waals surface area contributed by atoms with Gasteiger partial charge in [0, 0.05) is 5.56 Å². The van der Waals surface area contributed by atoms with Crippen molar-refractivity contribution in [3.05, 3.63) is 60.2 Å². The Morgan fingerprint density at radius 1 is 0.905 bits per heavy atom. The van der Waals surface area contributed by atoms with Crippen LogP contribution < -0.4 is 9.44 Å². The van der Waals surface area contributed by atoms with Crippen LogP contribution in [-0.4, -0.2) is 19.5 Å². The highest BCUT2D eigenvalue weighted by Gasteiger charge is 2.10. The molecule has 7 heteroatoms. The number of para-hydroxylation sites is 1. The lowest BCUT2D eigenvalue weighted by Crippen LogP contribution is -2.21. The van der Waals surface area contributed by atoms with E-state index in [1.165, 1.54) is 0 Å². The quantitative estimate of drug-likeness (QED) is 0.607. The highest BCUT2D eigenvalue weighted by Crippen LogP contribution is 2.14. The van der Waals surface area contributed by atoms with Crippen molar-refractivity contribution < 1.29 is 13.2 Å². The molecule has 2 N–H and O–H groups in total. The maximum absolute atomic E-state index is 11.9. The molecule has 0 fully saturated rings. The van der Waals surface area contributed by atoms with Crippen LogP contribution in [0, 0.1) is 0 Å². The number of alkyl halides is 1. The van der Waals surface area contributed by atoms with Gasteiger partial charge >= 0.3 is 10.2 Å². The van der Waals surface area contributed by atoms with Gasteiger partial charge < -0.3 is 0 Å². The van der Waals surface area contributed by atoms with Crippen LogP contribution in [0.5, 0.6) is 0 Å². The fraction of sp³-hybridized carbons (Fsp3) is 0.0714. The van der Waals surface area contributed by atoms with E-state index in [2.05, 4.69) is 25.4 Å². The molecular weight excluding hydrogens is 356 g/mol. The fourth-order valence-electron chi connectivity index (χ4n) is 1.64. The summed E-state index contributed by atoms with van der Waals surface area (Å²) in [7, 11) is -3.72. The Morgan fingerprint density at radius 3 is 1.95 bits per heavy atom. The molecule has 5 nitrogen and oxygen atoms in total. The van der Waals surface area contributed by atoms with Gasteiger partial charge in [-0.25, -0.2) is 0 Å². The summed E-state index contributed by atoms with van der Waals surface area (Å²) in [5.41, 5.74) is 1.37. The molecule has 2 aromatic rings. The molecule has 0 aliphatic rings. The maximum Gasteiger partial charge on any atom is 0.321 e. The smallest absolute Gasteiger partial charge is 0.293 e. The van der Waals surface area contributed by atoms with Crippen LogP contribution in [0.25, 0.3) is 0 Å². The number of rotatable bonds is 6. The van der Waals surface area contributed by atoms with Gasteiger partial charge in [-0.3, -0.25) is 14.2 Å². The maximum atomic E-state index is 11.9. The molecule has 0 amide bonds. The average molecular weight is 369 g/mol. The molecular formula is C14H13BrN2O3S. The molecule has 0 bridgehead atoms. The number of hydrogen-bond donors (Lipinski definition) is 2. The Kier molecular flexibility index (Phi) is 4.98. The lowest BCUT2D eigenvalue weighted by atomic mass is 10.1. The first-order chi connectivity index (χ1) is 10.00. The summed E-state index contributed by atoms with van der Waals surface area (Å²) in [6, 6.07) is 14.8. The Morgan fingerprint density at radius 2 is 1.43 bits per heavy atom. The summed E-state index contributed by atoms with van der Waals surface area (Å²) < 4.78 is 28.7. The Labute approximate surface area is 131 Å². The van der Waals surface area contributed by atoms with Gasteiger partial charge in [-0.05, 0) is 36.4 Å². The summed E-state index contributed by atoms with van der Waals surface area (Å²) in [5.74, 6) is -0.0631. The van der Waals surface area contributed by atoms with E-state index in [1.807, 2.05) is 0 Å². The first-order valence-electron chi connectivity index (χ1n) is 6.05. The third-order valence-electron chi connectivity index (χ3n) is 2.61. The monoisotopic (exact) mass is 368 g/mol. The van der Waals surface area contributed by atoms with Crippen molar-refractivity contribution in [3.63, 3.8) is 0 Å². The second-order valence-corrected chi connectivity index (χ2v) is 6.18. The van der Waals surface area contributed by atoms with Crippen LogP contribution in [0.3, 0.4) is 0 Å². The number of nitrogens with one attached hydrogen (secondary N) is 2. The second-order valence-electron chi connectivity index (χ2n) is 4.21. The molecule has 2 aromatic carbocycles. The molecule has 0 aliphatic heterocycles. The van der Waals surface area contributed by atoms with Gasteiger partial charge in [0.1, 0.15) is 0 Å². The normalized spacial score (nSPS) is 10.9. The van der Waals surface area contributed by atoms with Crippen LogP contribution >= 0.6 is 15.9 Å². The fourth-order valence-corrected chi connectivity index (χ4v) is 2.91. The highest BCUT2D eigenvalue weighted by atomic mass is 79.9. The van der Waals surface area contributed by atoms with Crippen LogP contribution in [-0.2, 0) is 10.2 Å².